The van der Waals surface area contributed by atoms with E-state index in [0.29, 0.717) is 31.4 Å². The van der Waals surface area contributed by atoms with Crippen LogP contribution >= 0.6 is 12.2 Å². The van der Waals surface area contributed by atoms with Crippen LogP contribution in [0.5, 0.6) is 0 Å². The zero-order chi connectivity index (χ0) is 24.1. The van der Waals surface area contributed by atoms with E-state index in [-0.39, 0.29) is 0 Å². The first kappa shape index (κ1) is 22.1. The Morgan fingerprint density at radius 2 is 1.34 bits per heavy atom. The molecule has 0 aromatic heterocycles. The van der Waals surface area contributed by atoms with E-state index in [9.17, 15) is 10.5 Å². The number of para-hydroxylation sites is 2. The van der Waals surface area contributed by atoms with E-state index in [1.807, 2.05) is 41.3 Å². The topological polar surface area (TPSA) is 69.7 Å². The second-order valence-corrected chi connectivity index (χ2v) is 10.6. The number of hydrogen-bond acceptors (Lipinski definition) is 6. The Morgan fingerprint density at radius 3 is 1.94 bits per heavy atom. The number of aliphatic imine (C=N–C) groups is 1. The minimum Gasteiger partial charge on any atom is -0.367 e. The highest BCUT2D eigenvalue weighted by Crippen LogP contribution is 2.67. The minimum absolute atomic E-state index is 0.475. The Bertz CT molecular complexity index is 1260. The van der Waals surface area contributed by atoms with Gasteiger partial charge in [0.2, 0.25) is 0 Å². The van der Waals surface area contributed by atoms with E-state index < -0.39 is 16.2 Å². The van der Waals surface area contributed by atoms with Gasteiger partial charge in [-0.2, -0.15) is 10.5 Å². The molecule has 7 heteroatoms. The van der Waals surface area contributed by atoms with Gasteiger partial charge in [0.25, 0.3) is 0 Å². The summed E-state index contributed by atoms with van der Waals surface area (Å²) in [5.74, 6) is 0.769. The van der Waals surface area contributed by atoms with Crippen LogP contribution in [-0.4, -0.2) is 42.2 Å². The molecule has 4 aliphatic rings. The Morgan fingerprint density at radius 1 is 0.771 bits per heavy atom. The molecular formula is C28H28N6S. The highest BCUT2D eigenvalue weighted by Gasteiger charge is 2.75. The van der Waals surface area contributed by atoms with Gasteiger partial charge in [0.1, 0.15) is 28.3 Å². The molecule has 0 radical (unpaired) electrons. The van der Waals surface area contributed by atoms with Gasteiger partial charge in [0.05, 0.1) is 18.8 Å². The highest BCUT2D eigenvalue weighted by atomic mass is 32.1. The van der Waals surface area contributed by atoms with Crippen molar-refractivity contribution < 1.29 is 0 Å². The summed E-state index contributed by atoms with van der Waals surface area (Å²) in [6.45, 7) is 2.02. The first-order valence-corrected chi connectivity index (χ1v) is 12.8. The molecule has 2 unspecified atom stereocenters. The van der Waals surface area contributed by atoms with E-state index >= 15 is 0 Å². The molecule has 1 saturated carbocycles. The van der Waals surface area contributed by atoms with Gasteiger partial charge in [-0.3, -0.25) is 0 Å². The molecule has 2 atom stereocenters. The van der Waals surface area contributed by atoms with Crippen molar-refractivity contribution in [2.24, 2.45) is 21.2 Å². The van der Waals surface area contributed by atoms with Crippen molar-refractivity contribution >= 4 is 34.4 Å². The Labute approximate surface area is 212 Å². The van der Waals surface area contributed by atoms with Gasteiger partial charge in [-0.25, -0.2) is 4.99 Å². The van der Waals surface area contributed by atoms with E-state index in [1.165, 1.54) is 0 Å². The minimum atomic E-state index is -0.939. The summed E-state index contributed by atoms with van der Waals surface area (Å²) in [6, 6.07) is 25.8. The number of thiocarbonyl (C=S) groups is 1. The second-order valence-electron chi connectivity index (χ2n) is 10.2. The summed E-state index contributed by atoms with van der Waals surface area (Å²) in [4.78, 5) is 12.1. The molecule has 0 amide bonds. The van der Waals surface area contributed by atoms with Gasteiger partial charge < -0.3 is 14.7 Å². The number of anilines is 2. The molecular weight excluding hydrogens is 452 g/mol. The molecule has 3 fully saturated rings. The molecule has 6 rings (SSSR count). The zero-order valence-electron chi connectivity index (χ0n) is 19.7. The molecule has 1 spiro atoms. The molecule has 176 valence electrons. The summed E-state index contributed by atoms with van der Waals surface area (Å²) in [7, 11) is 0. The fourth-order valence-electron chi connectivity index (χ4n) is 7.14. The second kappa shape index (κ2) is 8.07. The lowest BCUT2D eigenvalue weighted by Gasteiger charge is -2.68. The van der Waals surface area contributed by atoms with Crippen LogP contribution in [0.4, 0.5) is 11.4 Å². The first-order valence-electron chi connectivity index (χ1n) is 12.4. The number of nitriles is 2. The summed E-state index contributed by atoms with van der Waals surface area (Å²) >= 11 is 6.24. The Kier molecular flexibility index (Phi) is 5.09. The van der Waals surface area contributed by atoms with Crippen LogP contribution < -0.4 is 9.80 Å². The van der Waals surface area contributed by atoms with Crippen LogP contribution in [0.25, 0.3) is 0 Å². The maximum absolute atomic E-state index is 11.0. The quantitative estimate of drug-likeness (QED) is 0.566. The average molecular weight is 481 g/mol. The van der Waals surface area contributed by atoms with Crippen LogP contribution in [0.2, 0.25) is 0 Å². The molecule has 2 aromatic rings. The van der Waals surface area contributed by atoms with E-state index in [2.05, 4.69) is 46.2 Å². The van der Waals surface area contributed by atoms with Gasteiger partial charge >= 0.3 is 0 Å². The van der Waals surface area contributed by atoms with Gasteiger partial charge in [-0.15, -0.1) is 0 Å². The Balaban J connectivity index is 1.55. The van der Waals surface area contributed by atoms with E-state index in [1.54, 1.807) is 0 Å². The summed E-state index contributed by atoms with van der Waals surface area (Å²) in [6.07, 6.45) is 4.85. The number of benzene rings is 2. The number of fused-ring (bicyclic) bond motifs is 2. The third kappa shape index (κ3) is 2.85. The lowest BCUT2D eigenvalue weighted by atomic mass is 9.42. The molecule has 2 saturated heterocycles. The third-order valence-electron chi connectivity index (χ3n) is 8.77. The lowest BCUT2D eigenvalue weighted by molar-refractivity contribution is -0.0223. The maximum Gasteiger partial charge on any atom is 0.140 e. The van der Waals surface area contributed by atoms with E-state index in [0.717, 1.165) is 49.3 Å². The van der Waals surface area contributed by atoms with Gasteiger partial charge in [-0.1, -0.05) is 67.9 Å². The molecule has 0 N–H and O–H groups in total. The highest BCUT2D eigenvalue weighted by molar-refractivity contribution is 7.80. The lowest BCUT2D eigenvalue weighted by Crippen LogP contribution is -2.79. The summed E-state index contributed by atoms with van der Waals surface area (Å²) < 4.78 is 0. The number of nitrogens with zero attached hydrogens (tertiary/aromatic N) is 6. The summed E-state index contributed by atoms with van der Waals surface area (Å²) in [5.41, 5.74) is -0.276. The van der Waals surface area contributed by atoms with Crippen LogP contribution in [-0.2, 0) is 0 Å². The number of hydrogen-bond donors (Lipinski definition) is 0. The monoisotopic (exact) mass is 480 g/mol. The van der Waals surface area contributed by atoms with Crippen molar-refractivity contribution in [1.82, 2.24) is 4.90 Å². The standard InChI is InChI=1S/C28H28N6S/c29-16-26-18-32(22-10-4-1-5-11-22)19-27(17-30,28(26)14-8-3-9-15-28)25(35)34-21-33(20-31-24(26)34)23-12-6-2-7-13-23/h1-2,4-7,10-13H,3,8-9,14-15,18-21H2. The third-order valence-corrected chi connectivity index (χ3v) is 9.34. The maximum atomic E-state index is 11.0. The van der Waals surface area contributed by atoms with Gasteiger partial charge in [0, 0.05) is 29.9 Å². The molecule has 2 bridgehead atoms. The van der Waals surface area contributed by atoms with Crippen molar-refractivity contribution in [1.29, 1.82) is 10.5 Å². The molecule has 3 aliphatic heterocycles. The van der Waals surface area contributed by atoms with Gasteiger partial charge in [-0.05, 0) is 37.1 Å². The van der Waals surface area contributed by atoms with Gasteiger partial charge in [0.15, 0.2) is 0 Å². The van der Waals surface area contributed by atoms with Crippen LogP contribution in [0.15, 0.2) is 65.7 Å². The molecule has 3 heterocycles. The van der Waals surface area contributed by atoms with Crippen LogP contribution in [0, 0.1) is 38.9 Å². The molecule has 2 aromatic carbocycles. The van der Waals surface area contributed by atoms with Crippen molar-refractivity contribution in [3.05, 3.63) is 60.7 Å². The number of amidine groups is 1. The zero-order valence-corrected chi connectivity index (χ0v) is 20.5. The Hall–Kier alpha value is -3.42. The normalized spacial score (nSPS) is 29.1. The number of piperidine rings is 2. The van der Waals surface area contributed by atoms with Crippen LogP contribution in [0.3, 0.4) is 0 Å². The molecule has 35 heavy (non-hydrogen) atoms. The first-order chi connectivity index (χ1) is 17.1. The fraction of sp³-hybridized carbons (Fsp3) is 0.429. The van der Waals surface area contributed by atoms with Crippen LogP contribution in [0.1, 0.15) is 32.1 Å². The summed E-state index contributed by atoms with van der Waals surface area (Å²) in [5, 5.41) is 22.0. The smallest absolute Gasteiger partial charge is 0.140 e. The fourth-order valence-corrected chi connectivity index (χ4v) is 7.59. The predicted molar refractivity (Wildman–Crippen MR) is 141 cm³/mol. The molecule has 6 nitrogen and oxygen atoms in total. The largest absolute Gasteiger partial charge is 0.367 e. The SMILES string of the molecule is N#CC12CN(c3ccccc3)CC(C#N)(C3=NCN(c4ccccc4)CN3C1=S)C21CCCCC1. The van der Waals surface area contributed by atoms with Crippen molar-refractivity contribution in [3.63, 3.8) is 0 Å². The predicted octanol–water partition coefficient (Wildman–Crippen LogP) is 4.95. The van der Waals surface area contributed by atoms with Crippen molar-refractivity contribution in [2.75, 3.05) is 36.2 Å². The average Bonchev–Trinajstić information content (AvgIpc) is 2.93. The molecule has 1 aliphatic carbocycles. The van der Waals surface area contributed by atoms with Crippen molar-refractivity contribution in [2.45, 2.75) is 32.1 Å². The number of rotatable bonds is 2. The van der Waals surface area contributed by atoms with E-state index in [4.69, 9.17) is 17.2 Å². The van der Waals surface area contributed by atoms with Crippen molar-refractivity contribution in [3.8, 4) is 12.1 Å².